The van der Waals surface area contributed by atoms with E-state index >= 15 is 0 Å². The van der Waals surface area contributed by atoms with E-state index in [0.29, 0.717) is 18.2 Å². The minimum atomic E-state index is -1.71. The first-order valence-corrected chi connectivity index (χ1v) is 11.7. The Labute approximate surface area is 191 Å². The van der Waals surface area contributed by atoms with Crippen LogP contribution in [0.2, 0.25) is 0 Å². The Morgan fingerprint density at radius 3 is 1.25 bits per heavy atom. The summed E-state index contributed by atoms with van der Waals surface area (Å²) in [6.45, 7) is 15.0. The molecule has 0 saturated heterocycles. The average molecular weight is 454 g/mol. The fourth-order valence-corrected chi connectivity index (χ4v) is 3.57. The third kappa shape index (κ3) is 11.2. The Bertz CT molecular complexity index is 607. The summed E-state index contributed by atoms with van der Waals surface area (Å²) in [5.74, 6) is -1.71. The van der Waals surface area contributed by atoms with Crippen molar-refractivity contribution in [1.29, 1.82) is 0 Å². The van der Waals surface area contributed by atoms with Crippen molar-refractivity contribution in [2.45, 2.75) is 79.1 Å². The number of hydrogen-bond donors (Lipinski definition) is 0. The number of nitrogens with zero attached hydrogens (tertiary/aromatic N) is 3. The summed E-state index contributed by atoms with van der Waals surface area (Å²) in [7, 11) is 0. The van der Waals surface area contributed by atoms with Crippen LogP contribution in [0.4, 0.5) is 11.4 Å². The molecule has 1 aromatic carbocycles. The van der Waals surface area contributed by atoms with Crippen LogP contribution >= 0.6 is 0 Å². The van der Waals surface area contributed by atoms with Gasteiger partial charge in [0.2, 0.25) is 0 Å². The van der Waals surface area contributed by atoms with E-state index in [1.165, 1.54) is 82.0 Å². The second-order valence-corrected chi connectivity index (χ2v) is 8.19. The summed E-state index contributed by atoms with van der Waals surface area (Å²) in [5.41, 5.74) is -1.93. The smallest absolute Gasteiger partial charge is 0.276 e. The zero-order valence-electron chi connectivity index (χ0n) is 20.0. The van der Waals surface area contributed by atoms with Gasteiger partial charge in [0.1, 0.15) is 0 Å². The molecule has 182 valence electrons. The lowest BCUT2D eigenvalue weighted by molar-refractivity contribution is -0.929. The highest BCUT2D eigenvalue weighted by molar-refractivity contribution is 5.87. The molecule has 0 aliphatic carbocycles. The molecule has 0 saturated carbocycles. The lowest BCUT2D eigenvalue weighted by Gasteiger charge is -2.39. The number of carboxylic acids is 1. The maximum absolute atomic E-state index is 10.4. The summed E-state index contributed by atoms with van der Waals surface area (Å²) >= 11 is 0. The number of quaternary nitrogens is 1. The molecule has 9 nitrogen and oxygen atoms in total. The summed E-state index contributed by atoms with van der Waals surface area (Å²) in [4.78, 5) is 29.2. The van der Waals surface area contributed by atoms with Crippen LogP contribution in [-0.2, 0) is 0 Å². The molecule has 0 bridgehead atoms. The first-order valence-electron chi connectivity index (χ1n) is 11.7. The molecule has 0 spiro atoms. The summed E-state index contributed by atoms with van der Waals surface area (Å²) in [5, 5.41) is 31.0. The molecule has 0 aromatic heterocycles. The maximum Gasteiger partial charge on any atom is 0.276 e. The first-order chi connectivity index (χ1) is 15.2. The zero-order chi connectivity index (χ0) is 24.6. The molecule has 0 unspecified atom stereocenters. The van der Waals surface area contributed by atoms with Crippen molar-refractivity contribution < 1.29 is 24.2 Å². The van der Waals surface area contributed by atoms with Crippen molar-refractivity contribution in [3.8, 4) is 0 Å². The minimum Gasteiger partial charge on any atom is -0.545 e. The van der Waals surface area contributed by atoms with E-state index in [4.69, 9.17) is 0 Å². The van der Waals surface area contributed by atoms with Crippen molar-refractivity contribution in [3.05, 3.63) is 44.0 Å². The van der Waals surface area contributed by atoms with Gasteiger partial charge < -0.3 is 14.4 Å². The molecule has 0 atom stereocenters. The van der Waals surface area contributed by atoms with E-state index in [1.807, 2.05) is 0 Å². The number of benzene rings is 1. The van der Waals surface area contributed by atoms with Crippen LogP contribution in [0.25, 0.3) is 0 Å². The van der Waals surface area contributed by atoms with Gasteiger partial charge in [0.15, 0.2) is 0 Å². The van der Waals surface area contributed by atoms with Crippen LogP contribution < -0.4 is 5.11 Å². The van der Waals surface area contributed by atoms with Gasteiger partial charge in [0.05, 0.1) is 48.1 Å². The zero-order valence-corrected chi connectivity index (χ0v) is 20.0. The molecule has 32 heavy (non-hydrogen) atoms. The van der Waals surface area contributed by atoms with Crippen LogP contribution in [0.3, 0.4) is 0 Å². The average Bonchev–Trinajstić information content (AvgIpc) is 2.78. The van der Waals surface area contributed by atoms with Crippen LogP contribution in [0.15, 0.2) is 18.2 Å². The fourth-order valence-electron chi connectivity index (χ4n) is 3.57. The monoisotopic (exact) mass is 453 g/mol. The number of carboxylic acid groups (broad SMARTS) is 1. The Morgan fingerprint density at radius 1 is 0.719 bits per heavy atom. The number of non-ortho nitro benzene ring substituents is 2. The van der Waals surface area contributed by atoms with Crippen LogP contribution in [0.5, 0.6) is 0 Å². The van der Waals surface area contributed by atoms with Gasteiger partial charge in [-0.05, 0) is 25.7 Å². The number of aromatic carboxylic acids is 1. The molecule has 0 fully saturated rings. The van der Waals surface area contributed by atoms with Crippen molar-refractivity contribution in [3.63, 3.8) is 0 Å². The predicted molar refractivity (Wildman–Crippen MR) is 123 cm³/mol. The SMILES string of the molecule is CCCC[N+](CCCC)(CCCC)CCCC.O=C([O-])c1cc([N+](=O)[O-])cc([N+](=O)[O-])c1. The lowest BCUT2D eigenvalue weighted by atomic mass is 10.1. The molecule has 0 heterocycles. The molecular weight excluding hydrogens is 414 g/mol. The molecule has 9 heteroatoms. The van der Waals surface area contributed by atoms with E-state index in [-0.39, 0.29) is 0 Å². The third-order valence-corrected chi connectivity index (χ3v) is 5.50. The van der Waals surface area contributed by atoms with Crippen LogP contribution in [-0.4, -0.2) is 46.5 Å². The normalized spacial score (nSPS) is 10.9. The Kier molecular flexibility index (Phi) is 14.8. The summed E-state index contributed by atoms with van der Waals surface area (Å²) < 4.78 is 1.42. The highest BCUT2D eigenvalue weighted by Crippen LogP contribution is 2.22. The van der Waals surface area contributed by atoms with Crippen molar-refractivity contribution in [1.82, 2.24) is 0 Å². The maximum atomic E-state index is 10.4. The van der Waals surface area contributed by atoms with Crippen molar-refractivity contribution in [2.75, 3.05) is 26.2 Å². The van der Waals surface area contributed by atoms with E-state index < -0.39 is 32.8 Å². The highest BCUT2D eigenvalue weighted by Gasteiger charge is 2.24. The van der Waals surface area contributed by atoms with Gasteiger partial charge in [0, 0.05) is 17.7 Å². The van der Waals surface area contributed by atoms with E-state index in [1.54, 1.807) is 0 Å². The molecule has 0 radical (unpaired) electrons. The molecule has 0 amide bonds. The Morgan fingerprint density at radius 2 is 1.03 bits per heavy atom. The second kappa shape index (κ2) is 16.1. The number of carbonyl (C=O) groups is 1. The lowest BCUT2D eigenvalue weighted by Crippen LogP contribution is -2.50. The molecule has 0 aliphatic rings. The first kappa shape index (κ1) is 29.5. The Hall–Kier alpha value is -2.55. The van der Waals surface area contributed by atoms with Crippen molar-refractivity contribution in [2.24, 2.45) is 0 Å². The van der Waals surface area contributed by atoms with E-state index in [2.05, 4.69) is 27.7 Å². The second-order valence-electron chi connectivity index (χ2n) is 8.19. The van der Waals surface area contributed by atoms with Gasteiger partial charge in [-0.1, -0.05) is 53.4 Å². The van der Waals surface area contributed by atoms with Crippen LogP contribution in [0.1, 0.15) is 89.4 Å². The number of hydrogen-bond acceptors (Lipinski definition) is 6. The third-order valence-electron chi connectivity index (χ3n) is 5.50. The van der Waals surface area contributed by atoms with Gasteiger partial charge in [0.25, 0.3) is 11.4 Å². The van der Waals surface area contributed by atoms with Crippen LogP contribution in [0, 0.1) is 20.2 Å². The van der Waals surface area contributed by atoms with Gasteiger partial charge in [-0.2, -0.15) is 0 Å². The minimum absolute atomic E-state index is 0.601. The molecule has 0 aliphatic heterocycles. The van der Waals surface area contributed by atoms with Gasteiger partial charge in [-0.15, -0.1) is 0 Å². The fraction of sp³-hybridized carbons (Fsp3) is 0.696. The molecule has 1 rings (SSSR count). The van der Waals surface area contributed by atoms with Crippen molar-refractivity contribution >= 4 is 17.3 Å². The molecular formula is C23H39N3O6. The topological polar surface area (TPSA) is 126 Å². The standard InChI is InChI=1S/C16H36N.C7H4N2O6/c1-5-9-13-17(14-10-6-2,15-11-7-3)16-12-8-4;10-7(11)4-1-5(8(12)13)3-6(2-4)9(14)15/h5-16H2,1-4H3;1-3H,(H,10,11)/q+1;/p-1. The number of unbranched alkanes of at least 4 members (excludes halogenated alkanes) is 4. The van der Waals surface area contributed by atoms with E-state index in [9.17, 15) is 30.1 Å². The largest absolute Gasteiger partial charge is 0.545 e. The highest BCUT2D eigenvalue weighted by atomic mass is 16.6. The Balaban J connectivity index is 0.000000604. The number of nitro benzene ring substituents is 2. The molecule has 1 aromatic rings. The number of rotatable bonds is 15. The molecule has 0 N–H and O–H groups in total. The van der Waals surface area contributed by atoms with Gasteiger partial charge >= 0.3 is 0 Å². The van der Waals surface area contributed by atoms with Gasteiger partial charge in [-0.3, -0.25) is 20.2 Å². The number of nitro groups is 2. The number of carbonyl (C=O) groups excluding carboxylic acids is 1. The summed E-state index contributed by atoms with van der Waals surface area (Å²) in [6.07, 6.45) is 11.1. The van der Waals surface area contributed by atoms with Gasteiger partial charge in [-0.25, -0.2) is 0 Å². The van der Waals surface area contributed by atoms with E-state index in [0.717, 1.165) is 0 Å². The predicted octanol–water partition coefficient (Wildman–Crippen LogP) is 4.87. The summed E-state index contributed by atoms with van der Waals surface area (Å²) in [6, 6.07) is 2.07. The quantitative estimate of drug-likeness (QED) is 0.212.